The molecule has 33 heavy (non-hydrogen) atoms. The van der Waals surface area contributed by atoms with Crippen molar-refractivity contribution in [1.29, 1.82) is 5.26 Å². The lowest BCUT2D eigenvalue weighted by Gasteiger charge is -2.17. The monoisotopic (exact) mass is 453 g/mol. The molecule has 0 aliphatic carbocycles. The average Bonchev–Trinajstić information content (AvgIpc) is 3.39. The van der Waals surface area contributed by atoms with Crippen LogP contribution in [0.2, 0.25) is 0 Å². The summed E-state index contributed by atoms with van der Waals surface area (Å²) in [5.74, 6) is -1.75. The minimum absolute atomic E-state index is 0.0559. The molecule has 0 unspecified atom stereocenters. The average molecular weight is 453 g/mol. The number of hydrogen-bond donors (Lipinski definition) is 1. The van der Waals surface area contributed by atoms with E-state index >= 15 is 0 Å². The fraction of sp³-hybridized carbons (Fsp3) is 0.318. The molecule has 0 bridgehead atoms. The van der Waals surface area contributed by atoms with Crippen LogP contribution < -0.4 is 15.0 Å². The van der Waals surface area contributed by atoms with E-state index < -0.39 is 5.92 Å². The van der Waals surface area contributed by atoms with Gasteiger partial charge in [0.25, 0.3) is 5.92 Å². The Bertz CT molecular complexity index is 1190. The Hall–Kier alpha value is -4.07. The largest absolute Gasteiger partial charge is 0.495 e. The summed E-state index contributed by atoms with van der Waals surface area (Å²) in [7, 11) is 1.50. The Morgan fingerprint density at radius 2 is 2.09 bits per heavy atom. The fourth-order valence-electron chi connectivity index (χ4n) is 3.55. The summed E-state index contributed by atoms with van der Waals surface area (Å²) < 4.78 is 31.9. The van der Waals surface area contributed by atoms with Crippen molar-refractivity contribution >= 4 is 17.5 Å². The van der Waals surface area contributed by atoms with Crippen LogP contribution in [-0.2, 0) is 17.8 Å². The Morgan fingerprint density at radius 3 is 2.76 bits per heavy atom. The van der Waals surface area contributed by atoms with E-state index in [1.165, 1.54) is 29.2 Å². The number of hydrogen-bond acceptors (Lipinski definition) is 7. The number of pyridine rings is 1. The predicted molar refractivity (Wildman–Crippen MR) is 115 cm³/mol. The van der Waals surface area contributed by atoms with E-state index in [1.54, 1.807) is 30.3 Å². The Kier molecular flexibility index (Phi) is 6.17. The van der Waals surface area contributed by atoms with Crippen LogP contribution in [0.4, 0.5) is 20.4 Å². The quantitative estimate of drug-likeness (QED) is 0.586. The van der Waals surface area contributed by atoms with E-state index in [0.717, 1.165) is 5.56 Å². The highest BCUT2D eigenvalue weighted by atomic mass is 19.3. The summed E-state index contributed by atoms with van der Waals surface area (Å²) in [6.45, 7) is 0.225. The molecular formula is C22H21F2N7O2. The van der Waals surface area contributed by atoms with Crippen molar-refractivity contribution in [3.05, 3.63) is 59.4 Å². The van der Waals surface area contributed by atoms with E-state index in [2.05, 4.69) is 26.6 Å². The molecule has 170 valence electrons. The topological polar surface area (TPSA) is 109 Å². The first-order chi connectivity index (χ1) is 15.8. The number of carbonyl (C=O) groups is 1. The molecular weight excluding hydrogens is 432 g/mol. The number of nitrogens with one attached hydrogen (secondary N) is 1. The van der Waals surface area contributed by atoms with Crippen LogP contribution in [0.1, 0.15) is 23.1 Å². The number of methoxy groups -OCH3 is 1. The standard InChI is InChI=1S/C22H21F2N7O2/c1-33-18-4-2-16(8-17(18)10-25)13-31-27-12-19(29-31)28-21(32)9-15-3-5-20(26-11-15)30-7-6-22(23,24)14-30/h2-5,8,11-12H,6-7,9,13-14H2,1H3,(H,28,29,32). The van der Waals surface area contributed by atoms with Gasteiger partial charge >= 0.3 is 0 Å². The maximum absolute atomic E-state index is 13.4. The smallest absolute Gasteiger partial charge is 0.266 e. The number of alkyl halides is 2. The zero-order valence-corrected chi connectivity index (χ0v) is 17.8. The molecule has 0 saturated carbocycles. The summed E-state index contributed by atoms with van der Waals surface area (Å²) in [6, 6.07) is 10.6. The van der Waals surface area contributed by atoms with Crippen LogP contribution in [0.25, 0.3) is 0 Å². The summed E-state index contributed by atoms with van der Waals surface area (Å²) in [6.07, 6.45) is 2.82. The first kappa shape index (κ1) is 22.1. The Labute approximate surface area is 188 Å². The van der Waals surface area contributed by atoms with Crippen LogP contribution in [-0.4, -0.2) is 52.0 Å². The molecule has 0 spiro atoms. The van der Waals surface area contributed by atoms with Gasteiger partial charge in [0.05, 0.1) is 38.4 Å². The zero-order chi connectivity index (χ0) is 23.4. The number of amides is 1. The number of nitriles is 1. The van der Waals surface area contributed by atoms with Crippen molar-refractivity contribution in [2.24, 2.45) is 0 Å². The van der Waals surface area contributed by atoms with Gasteiger partial charge in [0, 0.05) is 19.2 Å². The lowest BCUT2D eigenvalue weighted by molar-refractivity contribution is -0.115. The number of nitrogens with zero attached hydrogens (tertiary/aromatic N) is 6. The third kappa shape index (κ3) is 5.41. The van der Waals surface area contributed by atoms with Crippen molar-refractivity contribution in [2.45, 2.75) is 25.3 Å². The number of aromatic nitrogens is 4. The highest BCUT2D eigenvalue weighted by Crippen LogP contribution is 2.29. The maximum Gasteiger partial charge on any atom is 0.266 e. The van der Waals surface area contributed by atoms with E-state index in [1.807, 2.05) is 0 Å². The highest BCUT2D eigenvalue weighted by Gasteiger charge is 2.38. The number of anilines is 2. The van der Waals surface area contributed by atoms with Crippen LogP contribution in [0, 0.1) is 11.3 Å². The second-order valence-electron chi connectivity index (χ2n) is 7.68. The Morgan fingerprint density at radius 1 is 1.27 bits per heavy atom. The van der Waals surface area contributed by atoms with Gasteiger partial charge in [-0.2, -0.15) is 15.2 Å². The number of ether oxygens (including phenoxy) is 1. The molecule has 3 heterocycles. The summed E-state index contributed by atoms with van der Waals surface area (Å²) in [5, 5.41) is 20.2. The second kappa shape index (κ2) is 9.20. The minimum Gasteiger partial charge on any atom is -0.495 e. The van der Waals surface area contributed by atoms with Gasteiger partial charge in [-0.25, -0.2) is 13.8 Å². The van der Waals surface area contributed by atoms with Crippen molar-refractivity contribution in [3.63, 3.8) is 0 Å². The van der Waals surface area contributed by atoms with Gasteiger partial charge in [0.15, 0.2) is 5.82 Å². The van der Waals surface area contributed by atoms with E-state index in [0.29, 0.717) is 29.2 Å². The highest BCUT2D eigenvalue weighted by molar-refractivity contribution is 5.91. The third-order valence-electron chi connectivity index (χ3n) is 5.18. The third-order valence-corrected chi connectivity index (χ3v) is 5.18. The van der Waals surface area contributed by atoms with Gasteiger partial charge in [-0.05, 0) is 29.3 Å². The van der Waals surface area contributed by atoms with Crippen molar-refractivity contribution in [1.82, 2.24) is 20.0 Å². The van der Waals surface area contributed by atoms with E-state index in [4.69, 9.17) is 4.74 Å². The van der Waals surface area contributed by atoms with Gasteiger partial charge in [0.1, 0.15) is 17.6 Å². The van der Waals surface area contributed by atoms with Crippen LogP contribution in [0.5, 0.6) is 5.75 Å². The van der Waals surface area contributed by atoms with Crippen LogP contribution >= 0.6 is 0 Å². The second-order valence-corrected chi connectivity index (χ2v) is 7.68. The molecule has 1 amide bonds. The number of carbonyl (C=O) groups excluding carboxylic acids is 1. The van der Waals surface area contributed by atoms with Crippen LogP contribution in [0.3, 0.4) is 0 Å². The number of halogens is 2. The minimum atomic E-state index is -2.69. The summed E-state index contributed by atoms with van der Waals surface area (Å²) >= 11 is 0. The molecule has 1 aromatic carbocycles. The van der Waals surface area contributed by atoms with Gasteiger partial charge in [-0.3, -0.25) is 4.79 Å². The van der Waals surface area contributed by atoms with E-state index in [9.17, 15) is 18.8 Å². The molecule has 4 rings (SSSR count). The van der Waals surface area contributed by atoms with Crippen LogP contribution in [0.15, 0.2) is 42.7 Å². The summed E-state index contributed by atoms with van der Waals surface area (Å²) in [5.41, 5.74) is 1.87. The van der Waals surface area contributed by atoms with Crippen molar-refractivity contribution in [2.75, 3.05) is 30.4 Å². The first-order valence-corrected chi connectivity index (χ1v) is 10.2. The van der Waals surface area contributed by atoms with Crippen molar-refractivity contribution < 1.29 is 18.3 Å². The molecule has 1 fully saturated rings. The van der Waals surface area contributed by atoms with Gasteiger partial charge in [-0.1, -0.05) is 12.1 Å². The molecule has 0 radical (unpaired) electrons. The molecule has 3 aromatic rings. The van der Waals surface area contributed by atoms with Gasteiger partial charge in [0.2, 0.25) is 5.91 Å². The SMILES string of the molecule is COc1ccc(Cn2ncc(NC(=O)Cc3ccc(N4CCC(F)(F)C4)nc3)n2)cc1C#N. The molecule has 1 aliphatic rings. The molecule has 1 N–H and O–H groups in total. The fourth-order valence-corrected chi connectivity index (χ4v) is 3.55. The first-order valence-electron chi connectivity index (χ1n) is 10.2. The number of rotatable bonds is 7. The lowest BCUT2D eigenvalue weighted by atomic mass is 10.1. The Balaban J connectivity index is 1.32. The van der Waals surface area contributed by atoms with Gasteiger partial charge < -0.3 is 15.0 Å². The van der Waals surface area contributed by atoms with E-state index in [-0.39, 0.29) is 37.7 Å². The molecule has 11 heteroatoms. The maximum atomic E-state index is 13.4. The predicted octanol–water partition coefficient (Wildman–Crippen LogP) is 2.63. The molecule has 2 aromatic heterocycles. The molecule has 1 aliphatic heterocycles. The molecule has 1 saturated heterocycles. The number of benzene rings is 1. The molecule has 9 nitrogen and oxygen atoms in total. The lowest BCUT2D eigenvalue weighted by Crippen LogP contribution is -2.25. The van der Waals surface area contributed by atoms with Crippen molar-refractivity contribution in [3.8, 4) is 11.8 Å². The summed E-state index contributed by atoms with van der Waals surface area (Å²) in [4.78, 5) is 19.5. The molecule has 0 atom stereocenters. The normalized spacial score (nSPS) is 14.7. The zero-order valence-electron chi connectivity index (χ0n) is 17.8. The van der Waals surface area contributed by atoms with Gasteiger partial charge in [-0.15, -0.1) is 5.10 Å².